The van der Waals surface area contributed by atoms with Gasteiger partial charge >= 0.3 is 5.97 Å². The number of unbranched alkanes of at least 4 members (excludes halogenated alkanes) is 9. The molecule has 1 heterocycles. The van der Waals surface area contributed by atoms with Crippen LogP contribution in [-0.2, 0) is 0 Å². The summed E-state index contributed by atoms with van der Waals surface area (Å²) in [7, 11) is 0. The molecule has 0 aliphatic heterocycles. The lowest BCUT2D eigenvalue weighted by Crippen LogP contribution is -1.89. The van der Waals surface area contributed by atoms with Crippen molar-refractivity contribution in [2.75, 3.05) is 5.75 Å². The summed E-state index contributed by atoms with van der Waals surface area (Å²) >= 11 is 3.18. The Morgan fingerprint density at radius 3 is 2.10 bits per heavy atom. The molecule has 4 heteroatoms. The Balaban J connectivity index is 1.89. The largest absolute Gasteiger partial charge is 0.477 e. The molecule has 1 rings (SSSR count). The van der Waals surface area contributed by atoms with E-state index in [4.69, 9.17) is 5.11 Å². The topological polar surface area (TPSA) is 37.3 Å². The molecule has 1 aromatic rings. The number of rotatable bonds is 13. The van der Waals surface area contributed by atoms with Crippen molar-refractivity contribution in [1.29, 1.82) is 0 Å². The van der Waals surface area contributed by atoms with E-state index in [9.17, 15) is 4.79 Å². The first-order valence-electron chi connectivity index (χ1n) is 8.20. The number of aromatic carboxylic acids is 1. The summed E-state index contributed by atoms with van der Waals surface area (Å²) in [4.78, 5) is 11.2. The molecule has 0 aliphatic rings. The van der Waals surface area contributed by atoms with Crippen molar-refractivity contribution in [3.63, 3.8) is 0 Å². The highest BCUT2D eigenvalue weighted by Gasteiger charge is 2.06. The molecule has 0 atom stereocenters. The highest BCUT2D eigenvalue weighted by atomic mass is 32.2. The summed E-state index contributed by atoms with van der Waals surface area (Å²) in [6, 6.07) is 3.63. The predicted molar refractivity (Wildman–Crippen MR) is 93.8 cm³/mol. The maximum atomic E-state index is 10.8. The molecule has 1 aromatic heterocycles. The first-order chi connectivity index (χ1) is 10.2. The fourth-order valence-corrected chi connectivity index (χ4v) is 4.32. The van der Waals surface area contributed by atoms with E-state index in [1.54, 1.807) is 17.8 Å². The van der Waals surface area contributed by atoms with Crippen molar-refractivity contribution < 1.29 is 9.90 Å². The average Bonchev–Trinajstić information content (AvgIpc) is 2.94. The van der Waals surface area contributed by atoms with Gasteiger partial charge in [-0.25, -0.2) is 4.79 Å². The van der Waals surface area contributed by atoms with Gasteiger partial charge in [0, 0.05) is 0 Å². The molecule has 0 spiro atoms. The first kappa shape index (κ1) is 18.6. The van der Waals surface area contributed by atoms with E-state index < -0.39 is 5.97 Å². The molecule has 1 N–H and O–H groups in total. The first-order valence-corrected chi connectivity index (χ1v) is 10.00. The summed E-state index contributed by atoms with van der Waals surface area (Å²) in [6.07, 6.45) is 13.6. The van der Waals surface area contributed by atoms with Gasteiger partial charge in [-0.2, -0.15) is 0 Å². The van der Waals surface area contributed by atoms with E-state index in [0.29, 0.717) is 4.88 Å². The molecule has 120 valence electrons. The fraction of sp³-hybridized carbons (Fsp3) is 0.706. The summed E-state index contributed by atoms with van der Waals surface area (Å²) < 4.78 is 1.13. The number of carboxylic acids is 1. The minimum Gasteiger partial charge on any atom is -0.477 e. The minimum absolute atomic E-state index is 0.445. The molecule has 0 amide bonds. The van der Waals surface area contributed by atoms with Crippen LogP contribution in [0.3, 0.4) is 0 Å². The SMILES string of the molecule is CCCCCCCCCCCCSc1ccc(C(=O)O)s1. The maximum absolute atomic E-state index is 10.8. The second-order valence-corrected chi connectivity index (χ2v) is 7.93. The van der Waals surface area contributed by atoms with Gasteiger partial charge in [0.25, 0.3) is 0 Å². The van der Waals surface area contributed by atoms with Crippen LogP contribution >= 0.6 is 23.1 Å². The van der Waals surface area contributed by atoms with Gasteiger partial charge in [-0.05, 0) is 24.3 Å². The van der Waals surface area contributed by atoms with Crippen LogP contribution in [-0.4, -0.2) is 16.8 Å². The summed E-state index contributed by atoms with van der Waals surface area (Å²) in [5, 5.41) is 8.86. The molecular formula is C17H28O2S2. The molecule has 0 aliphatic carbocycles. The van der Waals surface area contributed by atoms with Gasteiger partial charge in [-0.3, -0.25) is 0 Å². The third kappa shape index (κ3) is 9.20. The number of hydrogen-bond acceptors (Lipinski definition) is 3. The van der Waals surface area contributed by atoms with Crippen LogP contribution in [0.4, 0.5) is 0 Å². The van der Waals surface area contributed by atoms with Crippen molar-refractivity contribution in [1.82, 2.24) is 0 Å². The zero-order valence-electron chi connectivity index (χ0n) is 13.1. The van der Waals surface area contributed by atoms with Crippen molar-refractivity contribution in [3.8, 4) is 0 Å². The third-order valence-corrected chi connectivity index (χ3v) is 5.92. The van der Waals surface area contributed by atoms with Crippen molar-refractivity contribution in [2.24, 2.45) is 0 Å². The molecule has 0 unspecified atom stereocenters. The van der Waals surface area contributed by atoms with Crippen LogP contribution in [0.2, 0.25) is 0 Å². The van der Waals surface area contributed by atoms with Crippen molar-refractivity contribution in [2.45, 2.75) is 75.3 Å². The van der Waals surface area contributed by atoms with Gasteiger partial charge in [0.15, 0.2) is 0 Å². The van der Waals surface area contributed by atoms with E-state index in [1.165, 1.54) is 75.5 Å². The lowest BCUT2D eigenvalue weighted by atomic mass is 10.1. The monoisotopic (exact) mass is 328 g/mol. The standard InChI is InChI=1S/C17H28O2S2/c1-2-3-4-5-6-7-8-9-10-11-14-20-16-13-12-15(21-16)17(18)19/h12-13H,2-11,14H2,1H3,(H,18,19). The third-order valence-electron chi connectivity index (χ3n) is 3.53. The molecule has 0 aromatic carbocycles. The Kier molecular flexibility index (Phi) is 10.7. The number of carboxylic acid groups (broad SMARTS) is 1. The molecule has 21 heavy (non-hydrogen) atoms. The summed E-state index contributed by atoms with van der Waals surface area (Å²) in [5.74, 6) is 0.293. The zero-order valence-corrected chi connectivity index (χ0v) is 14.7. The predicted octanol–water partition coefficient (Wildman–Crippen LogP) is 6.46. The molecular weight excluding hydrogens is 300 g/mol. The van der Waals surface area contributed by atoms with Gasteiger partial charge in [0.05, 0.1) is 4.21 Å². The van der Waals surface area contributed by atoms with E-state index in [-0.39, 0.29) is 0 Å². The Hall–Kier alpha value is -0.480. The summed E-state index contributed by atoms with van der Waals surface area (Å²) in [5.41, 5.74) is 0. The number of thiophene rings is 1. The molecule has 0 saturated heterocycles. The highest BCUT2D eigenvalue weighted by Crippen LogP contribution is 2.28. The van der Waals surface area contributed by atoms with E-state index in [2.05, 4.69) is 6.92 Å². The highest BCUT2D eigenvalue weighted by molar-refractivity contribution is 8.01. The smallest absolute Gasteiger partial charge is 0.345 e. The van der Waals surface area contributed by atoms with Crippen molar-refractivity contribution in [3.05, 3.63) is 17.0 Å². The van der Waals surface area contributed by atoms with Crippen LogP contribution in [0.5, 0.6) is 0 Å². The van der Waals surface area contributed by atoms with E-state index >= 15 is 0 Å². The Labute approximate surface area is 137 Å². The van der Waals surface area contributed by atoms with Gasteiger partial charge in [0.1, 0.15) is 4.88 Å². The normalized spacial score (nSPS) is 10.9. The van der Waals surface area contributed by atoms with Gasteiger partial charge in [-0.1, -0.05) is 64.7 Å². The van der Waals surface area contributed by atoms with Crippen LogP contribution in [0.1, 0.15) is 80.8 Å². The van der Waals surface area contributed by atoms with Crippen LogP contribution in [0.15, 0.2) is 16.3 Å². The average molecular weight is 329 g/mol. The molecule has 0 saturated carbocycles. The number of thioether (sulfide) groups is 1. The second kappa shape index (κ2) is 12.1. The summed E-state index contributed by atoms with van der Waals surface area (Å²) in [6.45, 7) is 2.26. The van der Waals surface area contributed by atoms with Crippen LogP contribution in [0.25, 0.3) is 0 Å². The Morgan fingerprint density at radius 1 is 1.00 bits per heavy atom. The fourth-order valence-electron chi connectivity index (χ4n) is 2.27. The van der Waals surface area contributed by atoms with Gasteiger partial charge in [0.2, 0.25) is 0 Å². The van der Waals surface area contributed by atoms with E-state index in [1.807, 2.05) is 6.07 Å². The minimum atomic E-state index is -0.814. The maximum Gasteiger partial charge on any atom is 0.345 e. The molecule has 0 radical (unpaired) electrons. The number of carbonyl (C=O) groups is 1. The quantitative estimate of drug-likeness (QED) is 0.333. The zero-order chi connectivity index (χ0) is 15.3. The number of hydrogen-bond donors (Lipinski definition) is 1. The van der Waals surface area contributed by atoms with Crippen LogP contribution < -0.4 is 0 Å². The Morgan fingerprint density at radius 2 is 1.57 bits per heavy atom. The lowest BCUT2D eigenvalue weighted by Gasteiger charge is -2.02. The second-order valence-electron chi connectivity index (χ2n) is 5.45. The van der Waals surface area contributed by atoms with Crippen LogP contribution in [0, 0.1) is 0 Å². The lowest BCUT2D eigenvalue weighted by molar-refractivity contribution is 0.0702. The Bertz CT molecular complexity index is 388. The molecule has 0 bridgehead atoms. The van der Waals surface area contributed by atoms with Gasteiger partial charge in [-0.15, -0.1) is 23.1 Å². The molecule has 0 fully saturated rings. The van der Waals surface area contributed by atoms with E-state index in [0.717, 1.165) is 9.96 Å². The molecule has 2 nitrogen and oxygen atoms in total. The van der Waals surface area contributed by atoms with Crippen molar-refractivity contribution >= 4 is 29.1 Å². The van der Waals surface area contributed by atoms with Gasteiger partial charge < -0.3 is 5.11 Å².